The van der Waals surface area contributed by atoms with Crippen LogP contribution in [0.3, 0.4) is 0 Å². The normalized spacial score (nSPS) is 10.2. The largest absolute Gasteiger partial charge is 0.351 e. The summed E-state index contributed by atoms with van der Waals surface area (Å²) in [5.74, 6) is 0.781. The van der Waals surface area contributed by atoms with Crippen molar-refractivity contribution in [3.05, 3.63) is 59.7 Å². The molecule has 126 valence electrons. The second kappa shape index (κ2) is 9.39. The van der Waals surface area contributed by atoms with Gasteiger partial charge in [0.25, 0.3) is 11.8 Å². The van der Waals surface area contributed by atoms with E-state index in [2.05, 4.69) is 35.9 Å². The van der Waals surface area contributed by atoms with Crippen molar-refractivity contribution in [1.29, 1.82) is 0 Å². The Hall–Kier alpha value is -1.92. The van der Waals surface area contributed by atoms with E-state index in [1.807, 2.05) is 36.4 Å². The molecule has 0 spiro atoms. The number of hydrogen-bond donors (Lipinski definition) is 4. The van der Waals surface area contributed by atoms with Crippen molar-refractivity contribution in [3.8, 4) is 11.1 Å². The van der Waals surface area contributed by atoms with Crippen LogP contribution in [0.4, 0.5) is 0 Å². The molecule has 2 aromatic rings. The van der Waals surface area contributed by atoms with Gasteiger partial charge in [0.05, 0.1) is 0 Å². The lowest BCUT2D eigenvalue weighted by Crippen LogP contribution is -2.27. The lowest BCUT2D eigenvalue weighted by atomic mass is 9.94. The van der Waals surface area contributed by atoms with Gasteiger partial charge in [0.2, 0.25) is 0 Å². The highest BCUT2D eigenvalue weighted by Gasteiger charge is 2.17. The summed E-state index contributed by atoms with van der Waals surface area (Å²) in [4.78, 5) is 24.8. The average Bonchev–Trinajstić information content (AvgIpc) is 2.64. The van der Waals surface area contributed by atoms with Gasteiger partial charge in [-0.05, 0) is 23.3 Å². The molecule has 0 atom stereocenters. The van der Waals surface area contributed by atoms with Crippen molar-refractivity contribution in [2.24, 2.45) is 0 Å². The molecule has 0 bridgehead atoms. The van der Waals surface area contributed by atoms with E-state index in [4.69, 9.17) is 0 Å². The highest BCUT2D eigenvalue weighted by atomic mass is 32.1. The minimum atomic E-state index is -0.176. The van der Waals surface area contributed by atoms with E-state index in [1.165, 1.54) is 0 Å². The first-order valence-corrected chi connectivity index (χ1v) is 8.92. The molecule has 0 saturated heterocycles. The van der Waals surface area contributed by atoms with Crippen LogP contribution in [-0.2, 0) is 0 Å². The van der Waals surface area contributed by atoms with Crippen molar-refractivity contribution in [2.75, 3.05) is 24.6 Å². The Morgan fingerprint density at radius 3 is 1.46 bits per heavy atom. The van der Waals surface area contributed by atoms with Crippen molar-refractivity contribution in [3.63, 3.8) is 0 Å². The molecular weight excluding hydrogens is 340 g/mol. The Labute approximate surface area is 152 Å². The fourth-order valence-electron chi connectivity index (χ4n) is 2.36. The van der Waals surface area contributed by atoms with Gasteiger partial charge in [-0.3, -0.25) is 9.59 Å². The number of rotatable bonds is 7. The van der Waals surface area contributed by atoms with E-state index in [9.17, 15) is 9.59 Å². The molecule has 2 aromatic carbocycles. The summed E-state index contributed by atoms with van der Waals surface area (Å²) in [6.45, 7) is 0.973. The monoisotopic (exact) mass is 360 g/mol. The molecule has 0 saturated carbocycles. The van der Waals surface area contributed by atoms with Gasteiger partial charge in [0.15, 0.2) is 0 Å². The third kappa shape index (κ3) is 4.55. The Morgan fingerprint density at radius 2 is 1.08 bits per heavy atom. The first kappa shape index (κ1) is 18.4. The van der Waals surface area contributed by atoms with Crippen molar-refractivity contribution in [2.45, 2.75) is 0 Å². The predicted molar refractivity (Wildman–Crippen MR) is 104 cm³/mol. The fraction of sp³-hybridized carbons (Fsp3) is 0.222. The van der Waals surface area contributed by atoms with Crippen molar-refractivity contribution in [1.82, 2.24) is 10.6 Å². The standard InChI is InChI=1S/C18H20N2O2S2/c21-17(19-9-11-23)15-7-3-1-5-13(15)14-6-2-4-8-16(14)18(22)20-10-12-24/h1-8,23-24H,9-12H2,(H,19,21)(H,20,22). The molecule has 6 heteroatoms. The molecule has 0 unspecified atom stereocenters. The van der Waals surface area contributed by atoms with Crippen LogP contribution in [0.5, 0.6) is 0 Å². The van der Waals surface area contributed by atoms with Gasteiger partial charge >= 0.3 is 0 Å². The molecule has 24 heavy (non-hydrogen) atoms. The van der Waals surface area contributed by atoms with E-state index in [0.29, 0.717) is 35.7 Å². The van der Waals surface area contributed by atoms with Gasteiger partial charge in [-0.25, -0.2) is 0 Å². The lowest BCUT2D eigenvalue weighted by Gasteiger charge is -2.13. The molecule has 2 amide bonds. The second-order valence-corrected chi connectivity index (χ2v) is 5.94. The topological polar surface area (TPSA) is 58.2 Å². The Bertz CT molecular complexity index is 658. The number of carbonyl (C=O) groups excluding carboxylic acids is 2. The molecule has 4 nitrogen and oxygen atoms in total. The summed E-state index contributed by atoms with van der Waals surface area (Å²) in [5.41, 5.74) is 2.53. The Balaban J connectivity index is 2.42. The van der Waals surface area contributed by atoms with Crippen LogP contribution >= 0.6 is 25.3 Å². The van der Waals surface area contributed by atoms with Crippen LogP contribution in [0.2, 0.25) is 0 Å². The first-order valence-electron chi connectivity index (χ1n) is 7.65. The molecular formula is C18H20N2O2S2. The molecule has 2 rings (SSSR count). The van der Waals surface area contributed by atoms with E-state index < -0.39 is 0 Å². The maximum Gasteiger partial charge on any atom is 0.251 e. The van der Waals surface area contributed by atoms with Gasteiger partial charge in [-0.1, -0.05) is 36.4 Å². The van der Waals surface area contributed by atoms with E-state index in [1.54, 1.807) is 12.1 Å². The predicted octanol–water partition coefficient (Wildman–Crippen LogP) is 2.67. The summed E-state index contributed by atoms with van der Waals surface area (Å²) >= 11 is 8.21. The van der Waals surface area contributed by atoms with Gasteiger partial charge in [-0.15, -0.1) is 0 Å². The maximum absolute atomic E-state index is 12.4. The lowest BCUT2D eigenvalue weighted by molar-refractivity contribution is 0.0946. The number of nitrogens with one attached hydrogen (secondary N) is 2. The summed E-state index contributed by atoms with van der Waals surface area (Å²) in [7, 11) is 0. The zero-order valence-electron chi connectivity index (χ0n) is 13.2. The molecule has 0 aromatic heterocycles. The number of carbonyl (C=O) groups is 2. The number of thiol groups is 2. The molecule has 0 fully saturated rings. The van der Waals surface area contributed by atoms with E-state index >= 15 is 0 Å². The van der Waals surface area contributed by atoms with Gasteiger partial charge in [0, 0.05) is 35.7 Å². The average molecular weight is 361 g/mol. The summed E-state index contributed by atoms with van der Waals surface area (Å²) in [6, 6.07) is 14.5. The Morgan fingerprint density at radius 1 is 0.708 bits per heavy atom. The second-order valence-electron chi connectivity index (χ2n) is 5.05. The minimum absolute atomic E-state index is 0.176. The summed E-state index contributed by atoms with van der Waals surface area (Å²) in [5, 5.41) is 5.63. The third-order valence-electron chi connectivity index (χ3n) is 3.43. The Kier molecular flexibility index (Phi) is 7.21. The van der Waals surface area contributed by atoms with Gasteiger partial charge in [0.1, 0.15) is 0 Å². The number of hydrogen-bond acceptors (Lipinski definition) is 4. The SMILES string of the molecule is O=C(NCCS)c1ccccc1-c1ccccc1C(=O)NCCS. The summed E-state index contributed by atoms with van der Waals surface area (Å²) < 4.78 is 0. The zero-order chi connectivity index (χ0) is 17.4. The van der Waals surface area contributed by atoms with Crippen LogP contribution in [0.15, 0.2) is 48.5 Å². The van der Waals surface area contributed by atoms with Crippen LogP contribution in [0, 0.1) is 0 Å². The van der Waals surface area contributed by atoms with Gasteiger partial charge in [-0.2, -0.15) is 25.3 Å². The molecule has 2 N–H and O–H groups in total. The van der Waals surface area contributed by atoms with Gasteiger partial charge < -0.3 is 10.6 Å². The van der Waals surface area contributed by atoms with Crippen molar-refractivity contribution < 1.29 is 9.59 Å². The van der Waals surface area contributed by atoms with E-state index in [-0.39, 0.29) is 11.8 Å². The molecule has 0 aliphatic carbocycles. The zero-order valence-corrected chi connectivity index (χ0v) is 14.9. The molecule has 0 aliphatic rings. The fourth-order valence-corrected chi connectivity index (χ4v) is 2.58. The molecule has 0 aliphatic heterocycles. The van der Waals surface area contributed by atoms with Crippen LogP contribution in [0.25, 0.3) is 11.1 Å². The third-order valence-corrected chi connectivity index (χ3v) is 3.88. The minimum Gasteiger partial charge on any atom is -0.351 e. The van der Waals surface area contributed by atoms with Crippen LogP contribution in [0.1, 0.15) is 20.7 Å². The highest BCUT2D eigenvalue weighted by Crippen LogP contribution is 2.27. The smallest absolute Gasteiger partial charge is 0.251 e. The van der Waals surface area contributed by atoms with Crippen LogP contribution < -0.4 is 10.6 Å². The molecule has 0 radical (unpaired) electrons. The van der Waals surface area contributed by atoms with E-state index in [0.717, 1.165) is 11.1 Å². The summed E-state index contributed by atoms with van der Waals surface area (Å²) in [6.07, 6.45) is 0. The highest BCUT2D eigenvalue weighted by molar-refractivity contribution is 7.80. The van der Waals surface area contributed by atoms with Crippen LogP contribution in [-0.4, -0.2) is 36.4 Å². The quantitative estimate of drug-likeness (QED) is 0.574. The molecule has 0 heterocycles. The number of benzene rings is 2. The number of amides is 2. The van der Waals surface area contributed by atoms with Crippen molar-refractivity contribution >= 4 is 37.1 Å². The maximum atomic E-state index is 12.4. The first-order chi connectivity index (χ1) is 11.7.